The zero-order chi connectivity index (χ0) is 11.8. The second kappa shape index (κ2) is 7.18. The Kier molecular flexibility index (Phi) is 5.79. The van der Waals surface area contributed by atoms with Gasteiger partial charge in [0.15, 0.2) is 5.78 Å². The molecule has 0 heterocycles. The average molecular weight is 219 g/mol. The Bertz CT molecular complexity index is 308. The first-order valence-electron chi connectivity index (χ1n) is 6.09. The van der Waals surface area contributed by atoms with Gasteiger partial charge in [0.1, 0.15) is 0 Å². The minimum atomic E-state index is -0.442. The van der Waals surface area contributed by atoms with Gasteiger partial charge in [-0.2, -0.15) is 0 Å². The first kappa shape index (κ1) is 12.9. The normalized spacial score (nSPS) is 12.4. The van der Waals surface area contributed by atoms with Crippen LogP contribution in [0, 0.1) is 0 Å². The van der Waals surface area contributed by atoms with Crippen LogP contribution in [-0.2, 0) is 4.79 Å². The molecule has 0 aliphatic heterocycles. The van der Waals surface area contributed by atoms with Crippen molar-refractivity contribution in [3.05, 3.63) is 35.9 Å². The molecule has 1 atom stereocenters. The Labute approximate surface area is 97.9 Å². The first-order chi connectivity index (χ1) is 7.75. The number of unbranched alkanes of at least 4 members (excludes halogenated alkanes) is 3. The fourth-order valence-electron chi connectivity index (χ4n) is 1.73. The summed E-state index contributed by atoms with van der Waals surface area (Å²) in [7, 11) is 0. The van der Waals surface area contributed by atoms with Crippen molar-refractivity contribution in [3.8, 4) is 0 Å². The molecular formula is C14H21NO. The lowest BCUT2D eigenvalue weighted by Gasteiger charge is -2.10. The van der Waals surface area contributed by atoms with Crippen LogP contribution in [0.4, 0.5) is 0 Å². The molecule has 0 aromatic heterocycles. The summed E-state index contributed by atoms with van der Waals surface area (Å²) >= 11 is 0. The van der Waals surface area contributed by atoms with Gasteiger partial charge in [-0.1, -0.05) is 56.5 Å². The van der Waals surface area contributed by atoms with Crippen molar-refractivity contribution in [2.45, 2.75) is 45.1 Å². The van der Waals surface area contributed by atoms with Gasteiger partial charge >= 0.3 is 0 Å². The zero-order valence-corrected chi connectivity index (χ0v) is 9.99. The molecule has 0 radical (unpaired) electrons. The molecule has 0 aliphatic carbocycles. The maximum Gasteiger partial charge on any atom is 0.154 e. The summed E-state index contributed by atoms with van der Waals surface area (Å²) < 4.78 is 0. The van der Waals surface area contributed by atoms with E-state index in [-0.39, 0.29) is 5.78 Å². The summed E-state index contributed by atoms with van der Waals surface area (Å²) in [6.07, 6.45) is 5.10. The van der Waals surface area contributed by atoms with Crippen LogP contribution in [-0.4, -0.2) is 5.78 Å². The van der Waals surface area contributed by atoms with Gasteiger partial charge in [-0.15, -0.1) is 0 Å². The van der Waals surface area contributed by atoms with E-state index in [2.05, 4.69) is 6.92 Å². The average Bonchev–Trinajstić information content (AvgIpc) is 2.34. The fraction of sp³-hybridized carbons (Fsp3) is 0.500. The lowest BCUT2D eigenvalue weighted by atomic mass is 9.99. The summed E-state index contributed by atoms with van der Waals surface area (Å²) in [4.78, 5) is 11.8. The molecule has 0 spiro atoms. The van der Waals surface area contributed by atoms with Gasteiger partial charge < -0.3 is 5.73 Å². The van der Waals surface area contributed by atoms with Gasteiger partial charge in [-0.25, -0.2) is 0 Å². The highest BCUT2D eigenvalue weighted by molar-refractivity contribution is 5.84. The molecule has 1 aromatic rings. The molecule has 88 valence electrons. The molecule has 2 nitrogen and oxygen atoms in total. The number of hydrogen-bond donors (Lipinski definition) is 1. The predicted octanol–water partition coefficient (Wildman–Crippen LogP) is 3.23. The number of carbonyl (C=O) groups excluding carboxylic acids is 1. The standard InChI is InChI=1S/C14H21NO/c1-2-3-4-8-11-13(16)14(15)12-9-6-5-7-10-12/h5-7,9-10,14H,2-4,8,11,15H2,1H3. The molecule has 0 aliphatic rings. The zero-order valence-electron chi connectivity index (χ0n) is 9.99. The molecule has 16 heavy (non-hydrogen) atoms. The number of nitrogens with two attached hydrogens (primary N) is 1. The van der Waals surface area contributed by atoms with Gasteiger partial charge in [-0.3, -0.25) is 4.79 Å². The number of rotatable bonds is 7. The highest BCUT2D eigenvalue weighted by Crippen LogP contribution is 2.14. The molecule has 1 rings (SSSR count). The Morgan fingerprint density at radius 3 is 2.50 bits per heavy atom. The smallest absolute Gasteiger partial charge is 0.154 e. The van der Waals surface area contributed by atoms with Gasteiger partial charge in [-0.05, 0) is 12.0 Å². The molecule has 0 fully saturated rings. The Morgan fingerprint density at radius 1 is 1.19 bits per heavy atom. The quantitative estimate of drug-likeness (QED) is 0.715. The summed E-state index contributed by atoms with van der Waals surface area (Å²) in [5.41, 5.74) is 6.82. The van der Waals surface area contributed by atoms with Crippen LogP contribution in [0.5, 0.6) is 0 Å². The van der Waals surface area contributed by atoms with Gasteiger partial charge in [0.25, 0.3) is 0 Å². The molecule has 0 saturated heterocycles. The maximum absolute atomic E-state index is 11.8. The van der Waals surface area contributed by atoms with Crippen molar-refractivity contribution in [2.75, 3.05) is 0 Å². The van der Waals surface area contributed by atoms with Crippen LogP contribution >= 0.6 is 0 Å². The van der Waals surface area contributed by atoms with Crippen molar-refractivity contribution in [3.63, 3.8) is 0 Å². The fourth-order valence-corrected chi connectivity index (χ4v) is 1.73. The lowest BCUT2D eigenvalue weighted by molar-refractivity contribution is -0.120. The van der Waals surface area contributed by atoms with Crippen LogP contribution in [0.15, 0.2) is 30.3 Å². The SMILES string of the molecule is CCCCCCC(=O)C(N)c1ccccc1. The van der Waals surface area contributed by atoms with Gasteiger partial charge in [0.05, 0.1) is 6.04 Å². The van der Waals surface area contributed by atoms with E-state index in [1.54, 1.807) is 0 Å². The van der Waals surface area contributed by atoms with Crippen molar-refractivity contribution in [1.82, 2.24) is 0 Å². The summed E-state index contributed by atoms with van der Waals surface area (Å²) in [6, 6.07) is 9.15. The van der Waals surface area contributed by atoms with E-state index >= 15 is 0 Å². The van der Waals surface area contributed by atoms with E-state index in [4.69, 9.17) is 5.73 Å². The van der Waals surface area contributed by atoms with E-state index in [1.807, 2.05) is 30.3 Å². The van der Waals surface area contributed by atoms with Crippen molar-refractivity contribution < 1.29 is 4.79 Å². The van der Waals surface area contributed by atoms with Crippen molar-refractivity contribution in [2.24, 2.45) is 5.73 Å². The minimum absolute atomic E-state index is 0.155. The third kappa shape index (κ3) is 4.15. The first-order valence-corrected chi connectivity index (χ1v) is 6.09. The Hall–Kier alpha value is -1.15. The third-order valence-electron chi connectivity index (χ3n) is 2.78. The van der Waals surface area contributed by atoms with E-state index in [9.17, 15) is 4.79 Å². The van der Waals surface area contributed by atoms with Crippen LogP contribution in [0.25, 0.3) is 0 Å². The van der Waals surface area contributed by atoms with Crippen LogP contribution < -0.4 is 5.73 Å². The van der Waals surface area contributed by atoms with E-state index in [0.717, 1.165) is 18.4 Å². The second-order valence-corrected chi connectivity index (χ2v) is 4.17. The third-order valence-corrected chi connectivity index (χ3v) is 2.78. The maximum atomic E-state index is 11.8. The highest BCUT2D eigenvalue weighted by atomic mass is 16.1. The number of Topliss-reactive ketones (excluding diaryl/α,β-unsaturated/α-hetero) is 1. The van der Waals surface area contributed by atoms with E-state index in [1.165, 1.54) is 12.8 Å². The largest absolute Gasteiger partial charge is 0.318 e. The topological polar surface area (TPSA) is 43.1 Å². The summed E-state index contributed by atoms with van der Waals surface area (Å²) in [6.45, 7) is 2.16. The van der Waals surface area contributed by atoms with E-state index < -0.39 is 6.04 Å². The molecular weight excluding hydrogens is 198 g/mol. The molecule has 0 bridgehead atoms. The monoisotopic (exact) mass is 219 g/mol. The lowest BCUT2D eigenvalue weighted by Crippen LogP contribution is -2.21. The molecule has 0 saturated carbocycles. The predicted molar refractivity (Wildman–Crippen MR) is 67.1 cm³/mol. The van der Waals surface area contributed by atoms with Gasteiger partial charge in [0.2, 0.25) is 0 Å². The van der Waals surface area contributed by atoms with Crippen LogP contribution in [0.1, 0.15) is 50.6 Å². The molecule has 1 aromatic carbocycles. The van der Waals surface area contributed by atoms with Crippen LogP contribution in [0.3, 0.4) is 0 Å². The number of ketones is 1. The highest BCUT2D eigenvalue weighted by Gasteiger charge is 2.14. The molecule has 1 unspecified atom stereocenters. The van der Waals surface area contributed by atoms with Crippen LogP contribution in [0.2, 0.25) is 0 Å². The second-order valence-electron chi connectivity index (χ2n) is 4.17. The van der Waals surface area contributed by atoms with Crippen molar-refractivity contribution >= 4 is 5.78 Å². The number of carbonyl (C=O) groups is 1. The summed E-state index contributed by atoms with van der Waals surface area (Å²) in [5, 5.41) is 0. The van der Waals surface area contributed by atoms with Gasteiger partial charge in [0, 0.05) is 6.42 Å². The summed E-state index contributed by atoms with van der Waals surface area (Å²) in [5.74, 6) is 0.155. The number of hydrogen-bond acceptors (Lipinski definition) is 2. The van der Waals surface area contributed by atoms with E-state index in [0.29, 0.717) is 6.42 Å². The molecule has 0 amide bonds. The molecule has 2 heteroatoms. The Balaban J connectivity index is 2.37. The van der Waals surface area contributed by atoms with Crippen molar-refractivity contribution in [1.29, 1.82) is 0 Å². The Morgan fingerprint density at radius 2 is 1.88 bits per heavy atom. The minimum Gasteiger partial charge on any atom is -0.318 e. The molecule has 2 N–H and O–H groups in total. The number of benzene rings is 1.